The highest BCUT2D eigenvalue weighted by Gasteiger charge is 2.14. The van der Waals surface area contributed by atoms with E-state index in [-0.39, 0.29) is 0 Å². The molecule has 0 bridgehead atoms. The van der Waals surface area contributed by atoms with Crippen LogP contribution in [0.3, 0.4) is 0 Å². The molecule has 1 rings (SSSR count). The maximum atomic E-state index is 6.16. The third kappa shape index (κ3) is 3.16. The van der Waals surface area contributed by atoms with Crippen molar-refractivity contribution in [1.29, 1.82) is 0 Å². The first-order chi connectivity index (χ1) is 7.20. The van der Waals surface area contributed by atoms with Gasteiger partial charge in [0.1, 0.15) is 0 Å². The van der Waals surface area contributed by atoms with E-state index in [0.717, 1.165) is 18.4 Å². The molecule has 1 atom stereocenters. The zero-order valence-electron chi connectivity index (χ0n) is 8.76. The summed E-state index contributed by atoms with van der Waals surface area (Å²) in [5.41, 5.74) is 1.07. The second kappa shape index (κ2) is 6.05. The highest BCUT2D eigenvalue weighted by Crippen LogP contribution is 2.34. The average Bonchev–Trinajstić information content (AvgIpc) is 2.22. The molecule has 0 radical (unpaired) electrons. The van der Waals surface area contributed by atoms with E-state index in [2.05, 4.69) is 12.8 Å². The van der Waals surface area contributed by atoms with Crippen LogP contribution in [0, 0.1) is 12.3 Å². The Kier molecular flexibility index (Phi) is 5.02. The van der Waals surface area contributed by atoms with E-state index in [1.165, 1.54) is 0 Å². The van der Waals surface area contributed by atoms with Crippen LogP contribution < -0.4 is 0 Å². The standard InChI is InChI=1S/C13H14Cl2/c1-3-6-10(7-4-2)11-8-5-9-12(14)13(11)15/h1,5,8-10H,4,6-7H2,2H3. The molecule has 0 fully saturated rings. The first-order valence-electron chi connectivity index (χ1n) is 5.08. The second-order valence-corrected chi connectivity index (χ2v) is 4.32. The maximum Gasteiger partial charge on any atom is 0.0627 e. The Morgan fingerprint density at radius 2 is 2.13 bits per heavy atom. The summed E-state index contributed by atoms with van der Waals surface area (Å²) in [6.45, 7) is 2.14. The van der Waals surface area contributed by atoms with E-state index in [9.17, 15) is 0 Å². The average molecular weight is 241 g/mol. The van der Waals surface area contributed by atoms with Crippen LogP contribution in [0.2, 0.25) is 10.0 Å². The summed E-state index contributed by atoms with van der Waals surface area (Å²) in [4.78, 5) is 0. The number of benzene rings is 1. The van der Waals surface area contributed by atoms with Crippen LogP contribution in [0.25, 0.3) is 0 Å². The van der Waals surface area contributed by atoms with Crippen LogP contribution in [0.15, 0.2) is 18.2 Å². The van der Waals surface area contributed by atoms with Gasteiger partial charge in [0.15, 0.2) is 0 Å². The first-order valence-corrected chi connectivity index (χ1v) is 5.83. The highest BCUT2D eigenvalue weighted by atomic mass is 35.5. The summed E-state index contributed by atoms with van der Waals surface area (Å²) in [5, 5.41) is 1.25. The fraction of sp³-hybridized carbons (Fsp3) is 0.385. The van der Waals surface area contributed by atoms with Crippen LogP contribution in [-0.2, 0) is 0 Å². The van der Waals surface area contributed by atoms with Gasteiger partial charge in [-0.15, -0.1) is 12.3 Å². The van der Waals surface area contributed by atoms with E-state index in [4.69, 9.17) is 29.6 Å². The quantitative estimate of drug-likeness (QED) is 0.657. The summed E-state index contributed by atoms with van der Waals surface area (Å²) in [6.07, 6.45) is 8.21. The molecule has 0 spiro atoms. The number of terminal acetylenes is 1. The van der Waals surface area contributed by atoms with E-state index >= 15 is 0 Å². The fourth-order valence-electron chi connectivity index (χ4n) is 1.69. The lowest BCUT2D eigenvalue weighted by Gasteiger charge is -2.15. The Hall–Kier alpha value is -0.640. The molecule has 0 aliphatic heterocycles. The predicted molar refractivity (Wildman–Crippen MR) is 67.6 cm³/mol. The zero-order chi connectivity index (χ0) is 11.3. The van der Waals surface area contributed by atoms with E-state index in [1.807, 2.05) is 12.1 Å². The van der Waals surface area contributed by atoms with Crippen molar-refractivity contribution in [2.75, 3.05) is 0 Å². The molecule has 0 heterocycles. The Morgan fingerprint density at radius 1 is 1.40 bits per heavy atom. The molecule has 0 aromatic heterocycles. The number of halogens is 2. The molecule has 0 saturated carbocycles. The molecule has 0 aliphatic rings. The molecule has 1 aromatic carbocycles. The topological polar surface area (TPSA) is 0 Å². The second-order valence-electron chi connectivity index (χ2n) is 3.54. The van der Waals surface area contributed by atoms with Crippen molar-refractivity contribution in [2.45, 2.75) is 32.1 Å². The van der Waals surface area contributed by atoms with Crippen LogP contribution in [-0.4, -0.2) is 0 Å². The molecular weight excluding hydrogens is 227 g/mol. The maximum absolute atomic E-state index is 6.16. The lowest BCUT2D eigenvalue weighted by molar-refractivity contribution is 0.629. The summed E-state index contributed by atoms with van der Waals surface area (Å²) in [7, 11) is 0. The van der Waals surface area contributed by atoms with Gasteiger partial charge < -0.3 is 0 Å². The molecule has 0 aliphatic carbocycles. The Labute approximate surface area is 102 Å². The SMILES string of the molecule is C#CCC(CCC)c1cccc(Cl)c1Cl. The van der Waals surface area contributed by atoms with Crippen LogP contribution in [0.1, 0.15) is 37.7 Å². The van der Waals surface area contributed by atoms with E-state index in [1.54, 1.807) is 6.07 Å². The largest absolute Gasteiger partial charge is 0.120 e. The Morgan fingerprint density at radius 3 is 2.73 bits per heavy atom. The first kappa shape index (κ1) is 12.4. The van der Waals surface area contributed by atoms with Gasteiger partial charge >= 0.3 is 0 Å². The monoisotopic (exact) mass is 240 g/mol. The van der Waals surface area contributed by atoms with Crippen molar-refractivity contribution in [2.24, 2.45) is 0 Å². The predicted octanol–water partition coefficient (Wildman–Crippen LogP) is 4.90. The van der Waals surface area contributed by atoms with E-state index < -0.39 is 0 Å². The molecule has 2 heteroatoms. The Bertz CT molecular complexity index is 363. The van der Waals surface area contributed by atoms with Gasteiger partial charge in [-0.25, -0.2) is 0 Å². The van der Waals surface area contributed by atoms with Gasteiger partial charge in [-0.3, -0.25) is 0 Å². The van der Waals surface area contributed by atoms with Gasteiger partial charge in [0, 0.05) is 6.42 Å². The summed E-state index contributed by atoms with van der Waals surface area (Å²) < 4.78 is 0. The minimum atomic E-state index is 0.325. The van der Waals surface area contributed by atoms with Gasteiger partial charge in [0.2, 0.25) is 0 Å². The normalized spacial score (nSPS) is 12.1. The lowest BCUT2D eigenvalue weighted by Crippen LogP contribution is -1.98. The smallest absolute Gasteiger partial charge is 0.0627 e. The summed E-state index contributed by atoms with van der Waals surface area (Å²) in [5.74, 6) is 3.02. The Balaban J connectivity index is 3.00. The third-order valence-corrected chi connectivity index (χ3v) is 3.26. The molecule has 15 heavy (non-hydrogen) atoms. The van der Waals surface area contributed by atoms with Crippen molar-refractivity contribution in [3.8, 4) is 12.3 Å². The molecule has 0 amide bonds. The molecular formula is C13H14Cl2. The van der Waals surface area contributed by atoms with Gasteiger partial charge in [0.05, 0.1) is 10.0 Å². The highest BCUT2D eigenvalue weighted by molar-refractivity contribution is 6.42. The summed E-state index contributed by atoms with van der Waals surface area (Å²) in [6, 6.07) is 5.72. The molecule has 1 aromatic rings. The van der Waals surface area contributed by atoms with Gasteiger partial charge in [-0.05, 0) is 24.0 Å². The van der Waals surface area contributed by atoms with Crippen LogP contribution >= 0.6 is 23.2 Å². The molecule has 0 nitrogen and oxygen atoms in total. The number of hydrogen-bond acceptors (Lipinski definition) is 0. The van der Waals surface area contributed by atoms with Crippen molar-refractivity contribution >= 4 is 23.2 Å². The minimum absolute atomic E-state index is 0.325. The molecule has 1 unspecified atom stereocenters. The van der Waals surface area contributed by atoms with Gasteiger partial charge in [0.25, 0.3) is 0 Å². The molecule has 0 N–H and O–H groups in total. The lowest BCUT2D eigenvalue weighted by atomic mass is 9.92. The summed E-state index contributed by atoms with van der Waals surface area (Å²) >= 11 is 12.1. The van der Waals surface area contributed by atoms with Crippen LogP contribution in [0.5, 0.6) is 0 Å². The molecule has 0 saturated heterocycles. The van der Waals surface area contributed by atoms with Crippen molar-refractivity contribution in [3.05, 3.63) is 33.8 Å². The minimum Gasteiger partial charge on any atom is -0.120 e. The van der Waals surface area contributed by atoms with Crippen molar-refractivity contribution in [3.63, 3.8) is 0 Å². The zero-order valence-corrected chi connectivity index (χ0v) is 10.3. The fourth-order valence-corrected chi connectivity index (χ4v) is 2.16. The van der Waals surface area contributed by atoms with Gasteiger partial charge in [-0.1, -0.05) is 48.7 Å². The number of rotatable bonds is 4. The van der Waals surface area contributed by atoms with E-state index in [0.29, 0.717) is 22.4 Å². The molecule has 80 valence electrons. The number of hydrogen-bond donors (Lipinski definition) is 0. The van der Waals surface area contributed by atoms with Crippen molar-refractivity contribution < 1.29 is 0 Å². The third-order valence-electron chi connectivity index (χ3n) is 2.42. The van der Waals surface area contributed by atoms with Gasteiger partial charge in [-0.2, -0.15) is 0 Å². The van der Waals surface area contributed by atoms with Crippen LogP contribution in [0.4, 0.5) is 0 Å². The van der Waals surface area contributed by atoms with Crippen molar-refractivity contribution in [1.82, 2.24) is 0 Å².